The van der Waals surface area contributed by atoms with E-state index in [1.165, 1.54) is 24.2 Å². The van der Waals surface area contributed by atoms with Crippen LogP contribution >= 0.6 is 11.3 Å². The summed E-state index contributed by atoms with van der Waals surface area (Å²) in [5.74, 6) is -0.973. The van der Waals surface area contributed by atoms with E-state index < -0.39 is 5.97 Å². The molecule has 120 valence electrons. The molecule has 3 rings (SSSR count). The fraction of sp³-hybridized carbons (Fsp3) is 0.625. The number of anilines is 1. The number of aromatic carboxylic acids is 1. The van der Waals surface area contributed by atoms with Crippen LogP contribution in [0.5, 0.6) is 0 Å². The van der Waals surface area contributed by atoms with Crippen molar-refractivity contribution in [2.45, 2.75) is 51.6 Å². The van der Waals surface area contributed by atoms with Gasteiger partial charge in [0.2, 0.25) is 5.91 Å². The summed E-state index contributed by atoms with van der Waals surface area (Å²) in [6, 6.07) is 0. The van der Waals surface area contributed by atoms with Gasteiger partial charge in [-0.05, 0) is 24.8 Å². The fourth-order valence-corrected chi connectivity index (χ4v) is 4.48. The molecule has 0 spiro atoms. The minimum absolute atomic E-state index is 0.0134. The fourth-order valence-electron chi connectivity index (χ4n) is 3.30. The average Bonchev–Trinajstić information content (AvgIpc) is 2.68. The lowest BCUT2D eigenvalue weighted by atomic mass is 9.99. The molecule has 0 aromatic carbocycles. The highest BCUT2D eigenvalue weighted by atomic mass is 32.1. The lowest BCUT2D eigenvalue weighted by Gasteiger charge is -2.14. The first-order valence-electron chi connectivity index (χ1n) is 7.93. The number of amides is 1. The van der Waals surface area contributed by atoms with Crippen LogP contribution in [-0.2, 0) is 22.6 Å². The molecule has 2 N–H and O–H groups in total. The summed E-state index contributed by atoms with van der Waals surface area (Å²) in [6.07, 6.45) is 6.96. The van der Waals surface area contributed by atoms with E-state index in [0.717, 1.165) is 36.1 Å². The van der Waals surface area contributed by atoms with Gasteiger partial charge in [-0.3, -0.25) is 4.79 Å². The van der Waals surface area contributed by atoms with Crippen LogP contribution in [0.1, 0.15) is 59.3 Å². The van der Waals surface area contributed by atoms with Crippen molar-refractivity contribution < 1.29 is 19.4 Å². The smallest absolute Gasteiger partial charge is 0.339 e. The predicted octanol–water partition coefficient (Wildman–Crippen LogP) is 3.43. The van der Waals surface area contributed by atoms with Gasteiger partial charge in [0, 0.05) is 10.8 Å². The van der Waals surface area contributed by atoms with Gasteiger partial charge in [0.1, 0.15) is 5.00 Å². The van der Waals surface area contributed by atoms with Gasteiger partial charge < -0.3 is 15.2 Å². The summed E-state index contributed by atoms with van der Waals surface area (Å²) in [5.41, 5.74) is 1.10. The van der Waals surface area contributed by atoms with E-state index in [1.54, 1.807) is 0 Å². The van der Waals surface area contributed by atoms with Crippen molar-refractivity contribution in [3.05, 3.63) is 16.0 Å². The number of hydrogen-bond acceptors (Lipinski definition) is 4. The highest BCUT2D eigenvalue weighted by Gasteiger charge is 2.28. The van der Waals surface area contributed by atoms with Gasteiger partial charge in [0.25, 0.3) is 0 Å². The predicted molar refractivity (Wildman–Crippen MR) is 84.5 cm³/mol. The summed E-state index contributed by atoms with van der Waals surface area (Å²) < 4.78 is 5.39. The number of fused-ring (bicyclic) bond motifs is 1. The second kappa shape index (κ2) is 6.79. The molecule has 2 aliphatic rings. The first kappa shape index (κ1) is 15.5. The molecule has 1 aromatic heterocycles. The van der Waals surface area contributed by atoms with Crippen LogP contribution in [0.2, 0.25) is 0 Å². The van der Waals surface area contributed by atoms with Crippen molar-refractivity contribution in [1.29, 1.82) is 0 Å². The highest BCUT2D eigenvalue weighted by Crippen LogP contribution is 2.37. The first-order valence-corrected chi connectivity index (χ1v) is 8.75. The molecule has 1 saturated carbocycles. The molecule has 0 bridgehead atoms. The van der Waals surface area contributed by atoms with Gasteiger partial charge in [-0.25, -0.2) is 4.79 Å². The van der Waals surface area contributed by atoms with Crippen LogP contribution in [0.25, 0.3) is 0 Å². The maximum Gasteiger partial charge on any atom is 0.339 e. The van der Waals surface area contributed by atoms with Gasteiger partial charge in [-0.1, -0.05) is 25.7 Å². The molecule has 0 unspecified atom stereocenters. The van der Waals surface area contributed by atoms with E-state index in [-0.39, 0.29) is 17.4 Å². The van der Waals surface area contributed by atoms with Gasteiger partial charge in [-0.2, -0.15) is 0 Å². The Kier molecular flexibility index (Phi) is 4.78. The molecule has 5 nitrogen and oxygen atoms in total. The summed E-state index contributed by atoms with van der Waals surface area (Å²) in [4.78, 5) is 25.0. The SMILES string of the molecule is O=C(O)c1c(NC(=O)C2CCCCCC2)sc2c1CCOC2. The highest BCUT2D eigenvalue weighted by molar-refractivity contribution is 7.17. The standard InChI is InChI=1S/C16H21NO4S/c18-14(10-5-3-1-2-4-6-10)17-15-13(16(19)20)11-7-8-21-9-12(11)22-15/h10H,1-9H2,(H,17,18)(H,19,20). The molecule has 22 heavy (non-hydrogen) atoms. The van der Waals surface area contributed by atoms with E-state index in [1.807, 2.05) is 0 Å². The van der Waals surface area contributed by atoms with Crippen LogP contribution in [-0.4, -0.2) is 23.6 Å². The van der Waals surface area contributed by atoms with Crippen molar-refractivity contribution in [2.75, 3.05) is 11.9 Å². The number of rotatable bonds is 3. The Hall–Kier alpha value is -1.40. The quantitative estimate of drug-likeness (QED) is 0.836. The normalized spacial score (nSPS) is 19.3. The minimum atomic E-state index is -0.962. The van der Waals surface area contributed by atoms with E-state index in [9.17, 15) is 14.7 Å². The van der Waals surface area contributed by atoms with E-state index >= 15 is 0 Å². The second-order valence-electron chi connectivity index (χ2n) is 5.99. The molecule has 1 aromatic rings. The van der Waals surface area contributed by atoms with Crippen molar-refractivity contribution in [3.63, 3.8) is 0 Å². The van der Waals surface area contributed by atoms with Gasteiger partial charge in [-0.15, -0.1) is 11.3 Å². The Morgan fingerprint density at radius 1 is 1.18 bits per heavy atom. The van der Waals surface area contributed by atoms with Crippen LogP contribution in [0.4, 0.5) is 5.00 Å². The van der Waals surface area contributed by atoms with Gasteiger partial charge in [0.05, 0.1) is 18.8 Å². The Balaban J connectivity index is 1.80. The van der Waals surface area contributed by atoms with Crippen molar-refractivity contribution >= 4 is 28.2 Å². The molecule has 0 atom stereocenters. The summed E-state index contributed by atoms with van der Waals surface area (Å²) in [6.45, 7) is 0.986. The summed E-state index contributed by atoms with van der Waals surface area (Å²) in [7, 11) is 0. The number of carboxylic acids is 1. The zero-order valence-electron chi connectivity index (χ0n) is 12.5. The lowest BCUT2D eigenvalue weighted by molar-refractivity contribution is -0.120. The molecule has 2 heterocycles. The minimum Gasteiger partial charge on any atom is -0.478 e. The lowest BCUT2D eigenvalue weighted by Crippen LogP contribution is -2.23. The third-order valence-corrected chi connectivity index (χ3v) is 5.62. The average molecular weight is 323 g/mol. The monoisotopic (exact) mass is 323 g/mol. The molecule has 0 saturated heterocycles. The maximum atomic E-state index is 12.5. The van der Waals surface area contributed by atoms with E-state index in [2.05, 4.69) is 5.32 Å². The van der Waals surface area contributed by atoms with E-state index in [4.69, 9.17) is 4.74 Å². The molecule has 1 amide bonds. The number of ether oxygens (including phenoxy) is 1. The summed E-state index contributed by atoms with van der Waals surface area (Å²) >= 11 is 1.35. The Labute approximate surface area is 133 Å². The number of carbonyl (C=O) groups excluding carboxylic acids is 1. The Morgan fingerprint density at radius 2 is 1.91 bits per heavy atom. The maximum absolute atomic E-state index is 12.5. The van der Waals surface area contributed by atoms with Gasteiger partial charge >= 0.3 is 5.97 Å². The number of thiophene rings is 1. The molecule has 1 fully saturated rings. The molecule has 0 radical (unpaired) electrons. The van der Waals surface area contributed by atoms with Crippen molar-refractivity contribution in [1.82, 2.24) is 0 Å². The Morgan fingerprint density at radius 3 is 2.59 bits per heavy atom. The number of hydrogen-bond donors (Lipinski definition) is 2. The molecule has 1 aliphatic heterocycles. The third kappa shape index (κ3) is 3.17. The second-order valence-corrected chi connectivity index (χ2v) is 7.10. The molecular weight excluding hydrogens is 302 g/mol. The van der Waals surface area contributed by atoms with Gasteiger partial charge in [0.15, 0.2) is 0 Å². The van der Waals surface area contributed by atoms with Crippen LogP contribution in [0.3, 0.4) is 0 Å². The summed E-state index contributed by atoms with van der Waals surface area (Å²) in [5, 5.41) is 12.9. The van der Waals surface area contributed by atoms with Crippen molar-refractivity contribution in [3.8, 4) is 0 Å². The largest absolute Gasteiger partial charge is 0.478 e. The molecular formula is C16H21NO4S. The van der Waals surface area contributed by atoms with Crippen LogP contribution in [0.15, 0.2) is 0 Å². The topological polar surface area (TPSA) is 75.6 Å². The third-order valence-electron chi connectivity index (χ3n) is 4.50. The number of nitrogens with one attached hydrogen (secondary N) is 1. The molecule has 6 heteroatoms. The molecule has 1 aliphatic carbocycles. The van der Waals surface area contributed by atoms with Crippen molar-refractivity contribution in [2.24, 2.45) is 5.92 Å². The zero-order valence-corrected chi connectivity index (χ0v) is 13.3. The van der Waals surface area contributed by atoms with E-state index in [0.29, 0.717) is 24.6 Å². The Bertz CT molecular complexity index is 573. The first-order chi connectivity index (χ1) is 10.7. The zero-order chi connectivity index (χ0) is 15.5. The van der Waals surface area contributed by atoms with Crippen LogP contribution in [0, 0.1) is 5.92 Å². The van der Waals surface area contributed by atoms with Crippen LogP contribution < -0.4 is 5.32 Å². The number of carboxylic acid groups (broad SMARTS) is 1. The number of carbonyl (C=O) groups is 2.